The number of fused-ring (bicyclic) bond motifs is 1. The normalized spacial score (nSPS) is 15.8. The third kappa shape index (κ3) is 3.32. The lowest BCUT2D eigenvalue weighted by molar-refractivity contribution is 0.246. The first-order chi connectivity index (χ1) is 11.8. The van der Waals surface area contributed by atoms with E-state index < -0.39 is 0 Å². The van der Waals surface area contributed by atoms with Gasteiger partial charge in [0.1, 0.15) is 5.82 Å². The predicted octanol–water partition coefficient (Wildman–Crippen LogP) is 3.00. The molecule has 1 aliphatic heterocycles. The minimum absolute atomic E-state index is 0.688. The van der Waals surface area contributed by atoms with E-state index in [0.717, 1.165) is 55.3 Å². The van der Waals surface area contributed by atoms with Gasteiger partial charge in [0.2, 0.25) is 0 Å². The number of benzene rings is 1. The molecule has 5 nitrogen and oxygen atoms in total. The molecule has 0 amide bonds. The highest BCUT2D eigenvalue weighted by molar-refractivity contribution is 6.31. The summed E-state index contributed by atoms with van der Waals surface area (Å²) in [7, 11) is 0. The summed E-state index contributed by atoms with van der Waals surface area (Å²) in [5.41, 5.74) is 2.83. The standard InChI is InChI=1S/C18H18ClN5/c19-14-4-5-16-17(11-14)21-12-18(22-16)24-9-7-23(8-10-24)13-15-3-1-2-6-20-15/h1-6,11-12H,7-10,13H2. The molecule has 4 rings (SSSR count). The molecule has 0 atom stereocenters. The fourth-order valence-corrected chi connectivity index (χ4v) is 3.15. The van der Waals surface area contributed by atoms with E-state index in [9.17, 15) is 0 Å². The minimum Gasteiger partial charge on any atom is -0.353 e. The summed E-state index contributed by atoms with van der Waals surface area (Å²) in [6.45, 7) is 4.78. The maximum atomic E-state index is 6.00. The Balaban J connectivity index is 1.43. The van der Waals surface area contributed by atoms with Gasteiger partial charge in [-0.2, -0.15) is 0 Å². The lowest BCUT2D eigenvalue weighted by Gasteiger charge is -2.35. The lowest BCUT2D eigenvalue weighted by Crippen LogP contribution is -2.46. The number of pyridine rings is 1. The average Bonchev–Trinajstić information content (AvgIpc) is 2.63. The van der Waals surface area contributed by atoms with Crippen molar-refractivity contribution in [1.29, 1.82) is 0 Å². The van der Waals surface area contributed by atoms with Crippen LogP contribution in [-0.2, 0) is 6.54 Å². The van der Waals surface area contributed by atoms with Crippen molar-refractivity contribution in [3.8, 4) is 0 Å². The van der Waals surface area contributed by atoms with E-state index in [1.807, 2.05) is 42.7 Å². The molecule has 1 saturated heterocycles. The van der Waals surface area contributed by atoms with E-state index in [4.69, 9.17) is 16.6 Å². The second-order valence-electron chi connectivity index (χ2n) is 5.95. The van der Waals surface area contributed by atoms with Crippen molar-refractivity contribution in [3.05, 3.63) is 59.5 Å². The number of piperazine rings is 1. The van der Waals surface area contributed by atoms with Crippen molar-refractivity contribution in [2.75, 3.05) is 31.1 Å². The minimum atomic E-state index is 0.688. The Morgan fingerprint density at radius 3 is 2.62 bits per heavy atom. The smallest absolute Gasteiger partial charge is 0.147 e. The summed E-state index contributed by atoms with van der Waals surface area (Å²) in [6, 6.07) is 11.7. The first kappa shape index (κ1) is 15.3. The second kappa shape index (κ2) is 6.71. The molecule has 0 bridgehead atoms. The van der Waals surface area contributed by atoms with E-state index in [0.29, 0.717) is 5.02 Å². The Morgan fingerprint density at radius 1 is 0.958 bits per heavy atom. The summed E-state index contributed by atoms with van der Waals surface area (Å²) < 4.78 is 0. The second-order valence-corrected chi connectivity index (χ2v) is 6.38. The topological polar surface area (TPSA) is 45.2 Å². The van der Waals surface area contributed by atoms with Crippen molar-refractivity contribution in [2.24, 2.45) is 0 Å². The monoisotopic (exact) mass is 339 g/mol. The van der Waals surface area contributed by atoms with Crippen LogP contribution in [0.1, 0.15) is 5.69 Å². The molecule has 6 heteroatoms. The zero-order valence-electron chi connectivity index (χ0n) is 13.3. The molecule has 3 aromatic rings. The van der Waals surface area contributed by atoms with Gasteiger partial charge in [0.25, 0.3) is 0 Å². The van der Waals surface area contributed by atoms with Gasteiger partial charge in [-0.25, -0.2) is 4.98 Å². The van der Waals surface area contributed by atoms with Crippen LogP contribution in [0, 0.1) is 0 Å². The Hall–Kier alpha value is -2.24. The van der Waals surface area contributed by atoms with Gasteiger partial charge in [-0.15, -0.1) is 0 Å². The summed E-state index contributed by atoms with van der Waals surface area (Å²) in [4.78, 5) is 18.3. The number of aromatic nitrogens is 3. The third-order valence-corrected chi connectivity index (χ3v) is 4.53. The molecule has 2 aromatic heterocycles. The van der Waals surface area contributed by atoms with Crippen molar-refractivity contribution in [2.45, 2.75) is 6.54 Å². The Morgan fingerprint density at radius 2 is 1.83 bits per heavy atom. The SMILES string of the molecule is Clc1ccc2nc(N3CCN(Cc4ccccn4)CC3)cnc2c1. The van der Waals surface area contributed by atoms with Crippen LogP contribution in [0.2, 0.25) is 5.02 Å². The van der Waals surface area contributed by atoms with Gasteiger partial charge >= 0.3 is 0 Å². The van der Waals surface area contributed by atoms with Crippen molar-refractivity contribution < 1.29 is 0 Å². The van der Waals surface area contributed by atoms with Crippen molar-refractivity contribution in [1.82, 2.24) is 19.9 Å². The zero-order valence-corrected chi connectivity index (χ0v) is 14.0. The molecule has 24 heavy (non-hydrogen) atoms. The molecule has 0 saturated carbocycles. The van der Waals surface area contributed by atoms with Crippen molar-refractivity contribution >= 4 is 28.5 Å². The lowest BCUT2D eigenvalue weighted by atomic mass is 10.2. The maximum absolute atomic E-state index is 6.00. The molecule has 0 unspecified atom stereocenters. The van der Waals surface area contributed by atoms with Crippen LogP contribution in [0.3, 0.4) is 0 Å². The summed E-state index contributed by atoms with van der Waals surface area (Å²) in [5, 5.41) is 0.688. The van der Waals surface area contributed by atoms with Crippen LogP contribution in [0.4, 0.5) is 5.82 Å². The van der Waals surface area contributed by atoms with E-state index in [-0.39, 0.29) is 0 Å². The van der Waals surface area contributed by atoms with Gasteiger partial charge < -0.3 is 4.90 Å². The molecule has 1 fully saturated rings. The number of rotatable bonds is 3. The maximum Gasteiger partial charge on any atom is 0.147 e. The highest BCUT2D eigenvalue weighted by Crippen LogP contribution is 2.20. The Kier molecular flexibility index (Phi) is 4.28. The molecule has 1 aliphatic rings. The zero-order chi connectivity index (χ0) is 16.4. The third-order valence-electron chi connectivity index (χ3n) is 4.30. The molecular formula is C18H18ClN5. The van der Waals surface area contributed by atoms with Crippen LogP contribution in [0.15, 0.2) is 48.8 Å². The number of hydrogen-bond acceptors (Lipinski definition) is 5. The van der Waals surface area contributed by atoms with Crippen LogP contribution in [0.5, 0.6) is 0 Å². The Bertz CT molecular complexity index is 831. The van der Waals surface area contributed by atoms with Crippen molar-refractivity contribution in [3.63, 3.8) is 0 Å². The quantitative estimate of drug-likeness (QED) is 0.734. The molecule has 1 aromatic carbocycles. The van der Waals surface area contributed by atoms with E-state index in [2.05, 4.69) is 25.8 Å². The number of nitrogens with zero attached hydrogens (tertiary/aromatic N) is 5. The molecule has 0 aliphatic carbocycles. The first-order valence-corrected chi connectivity index (χ1v) is 8.45. The van der Waals surface area contributed by atoms with E-state index in [1.165, 1.54) is 0 Å². The van der Waals surface area contributed by atoms with Crippen LogP contribution in [0.25, 0.3) is 11.0 Å². The highest BCUT2D eigenvalue weighted by Gasteiger charge is 2.19. The Labute approximate surface area is 145 Å². The summed E-state index contributed by atoms with van der Waals surface area (Å²) >= 11 is 6.00. The number of halogens is 1. The van der Waals surface area contributed by atoms with Crippen LogP contribution >= 0.6 is 11.6 Å². The van der Waals surface area contributed by atoms with Gasteiger partial charge in [0, 0.05) is 43.9 Å². The van der Waals surface area contributed by atoms with Gasteiger partial charge in [-0.3, -0.25) is 14.9 Å². The summed E-state index contributed by atoms with van der Waals surface area (Å²) in [6.07, 6.45) is 3.69. The van der Waals surface area contributed by atoms with Gasteiger partial charge in [0.05, 0.1) is 22.9 Å². The number of hydrogen-bond donors (Lipinski definition) is 0. The van der Waals surface area contributed by atoms with Gasteiger partial charge in [0.15, 0.2) is 0 Å². The molecule has 122 valence electrons. The van der Waals surface area contributed by atoms with E-state index >= 15 is 0 Å². The van der Waals surface area contributed by atoms with Crippen LogP contribution < -0.4 is 4.90 Å². The largest absolute Gasteiger partial charge is 0.353 e. The fraction of sp³-hybridized carbons (Fsp3) is 0.278. The molecule has 0 spiro atoms. The first-order valence-electron chi connectivity index (χ1n) is 8.07. The van der Waals surface area contributed by atoms with Crippen LogP contribution in [-0.4, -0.2) is 46.0 Å². The van der Waals surface area contributed by atoms with Gasteiger partial charge in [-0.1, -0.05) is 17.7 Å². The molecule has 0 radical (unpaired) electrons. The molecule has 3 heterocycles. The van der Waals surface area contributed by atoms with E-state index in [1.54, 1.807) is 0 Å². The highest BCUT2D eigenvalue weighted by atomic mass is 35.5. The molecule has 0 N–H and O–H groups in total. The predicted molar refractivity (Wildman–Crippen MR) is 96.3 cm³/mol. The van der Waals surface area contributed by atoms with Gasteiger partial charge in [-0.05, 0) is 30.3 Å². The average molecular weight is 340 g/mol. The summed E-state index contributed by atoms with van der Waals surface area (Å²) in [5.74, 6) is 0.933. The fourth-order valence-electron chi connectivity index (χ4n) is 2.98. The molecular weight excluding hydrogens is 322 g/mol. The number of anilines is 1.